The van der Waals surface area contributed by atoms with E-state index in [1.165, 1.54) is 12.8 Å². The molecule has 4 nitrogen and oxygen atoms in total. The van der Waals surface area contributed by atoms with E-state index in [9.17, 15) is 5.11 Å². The van der Waals surface area contributed by atoms with E-state index in [1.54, 1.807) is 0 Å². The van der Waals surface area contributed by atoms with Crippen LogP contribution >= 0.6 is 0 Å². The lowest BCUT2D eigenvalue weighted by molar-refractivity contribution is -0.0690. The quantitative estimate of drug-likeness (QED) is 0.898. The van der Waals surface area contributed by atoms with Crippen LogP contribution in [0.1, 0.15) is 44.6 Å². The Morgan fingerprint density at radius 2 is 1.92 bits per heavy atom. The highest BCUT2D eigenvalue weighted by Crippen LogP contribution is 2.47. The molecule has 1 aliphatic heterocycles. The minimum Gasteiger partial charge on any atom is -0.478 e. The van der Waals surface area contributed by atoms with Gasteiger partial charge in [0.2, 0.25) is 5.88 Å². The van der Waals surface area contributed by atoms with Gasteiger partial charge in [-0.15, -0.1) is 0 Å². The van der Waals surface area contributed by atoms with Gasteiger partial charge in [-0.1, -0.05) is 49.2 Å². The average molecular weight is 352 g/mol. The third kappa shape index (κ3) is 3.07. The minimum absolute atomic E-state index is 0.241. The summed E-state index contributed by atoms with van der Waals surface area (Å²) in [5.74, 6) is 1.90. The van der Waals surface area contributed by atoms with Gasteiger partial charge in [-0.05, 0) is 37.8 Å². The molecule has 4 rings (SSSR count). The third-order valence-electron chi connectivity index (χ3n) is 6.05. The monoisotopic (exact) mass is 352 g/mol. The van der Waals surface area contributed by atoms with Crippen LogP contribution < -0.4 is 9.64 Å². The first-order chi connectivity index (χ1) is 12.7. The van der Waals surface area contributed by atoms with Crippen molar-refractivity contribution in [2.45, 2.75) is 50.7 Å². The van der Waals surface area contributed by atoms with Crippen LogP contribution in [-0.4, -0.2) is 29.3 Å². The van der Waals surface area contributed by atoms with Crippen LogP contribution in [0.4, 0.5) is 5.82 Å². The molecule has 1 aromatic carbocycles. The lowest BCUT2D eigenvalue weighted by Crippen LogP contribution is -2.57. The zero-order chi connectivity index (χ0) is 18.0. The van der Waals surface area contributed by atoms with Crippen molar-refractivity contribution >= 4 is 5.82 Å². The van der Waals surface area contributed by atoms with E-state index in [1.807, 2.05) is 37.3 Å². The predicted octanol–water partition coefficient (Wildman–Crippen LogP) is 4.14. The largest absolute Gasteiger partial charge is 0.478 e. The number of pyridine rings is 1. The van der Waals surface area contributed by atoms with Crippen molar-refractivity contribution in [3.05, 3.63) is 54.1 Å². The molecule has 0 bridgehead atoms. The molecule has 2 heterocycles. The summed E-state index contributed by atoms with van der Waals surface area (Å²) in [7, 11) is 0. The van der Waals surface area contributed by atoms with Gasteiger partial charge in [-0.3, -0.25) is 0 Å². The summed E-state index contributed by atoms with van der Waals surface area (Å²) in [6.45, 7) is 3.41. The second-order valence-electron chi connectivity index (χ2n) is 7.46. The summed E-state index contributed by atoms with van der Waals surface area (Å²) >= 11 is 0. The van der Waals surface area contributed by atoms with Crippen LogP contribution in [0.5, 0.6) is 5.88 Å². The molecule has 0 radical (unpaired) electrons. The normalized spacial score (nSPS) is 28.5. The highest BCUT2D eigenvalue weighted by atomic mass is 16.5. The predicted molar refractivity (Wildman–Crippen MR) is 103 cm³/mol. The van der Waals surface area contributed by atoms with Gasteiger partial charge in [0, 0.05) is 24.6 Å². The molecule has 1 saturated heterocycles. The molecule has 0 unspecified atom stereocenters. The molecule has 4 heteroatoms. The molecular weight excluding hydrogens is 324 g/mol. The fourth-order valence-corrected chi connectivity index (χ4v) is 4.85. The van der Waals surface area contributed by atoms with E-state index in [0.29, 0.717) is 18.5 Å². The summed E-state index contributed by atoms with van der Waals surface area (Å²) in [4.78, 5) is 7.13. The number of ether oxygens (including phenoxy) is 1. The zero-order valence-electron chi connectivity index (χ0n) is 15.5. The van der Waals surface area contributed by atoms with Gasteiger partial charge in [0.1, 0.15) is 5.82 Å². The number of hydrogen-bond acceptors (Lipinski definition) is 4. The molecule has 1 saturated carbocycles. The summed E-state index contributed by atoms with van der Waals surface area (Å²) in [6.07, 6.45) is 5.32. The number of aromatic nitrogens is 1. The fraction of sp³-hybridized carbons (Fsp3) is 0.500. The van der Waals surface area contributed by atoms with E-state index in [-0.39, 0.29) is 5.92 Å². The maximum Gasteiger partial charge on any atom is 0.215 e. The number of rotatable bonds is 4. The molecule has 26 heavy (non-hydrogen) atoms. The van der Waals surface area contributed by atoms with Crippen LogP contribution in [0.25, 0.3) is 0 Å². The van der Waals surface area contributed by atoms with Crippen molar-refractivity contribution < 1.29 is 9.84 Å². The molecule has 2 aliphatic rings. The Morgan fingerprint density at radius 1 is 1.12 bits per heavy atom. The topological polar surface area (TPSA) is 45.6 Å². The third-order valence-corrected chi connectivity index (χ3v) is 6.05. The molecule has 1 aliphatic carbocycles. The Kier molecular flexibility index (Phi) is 4.86. The number of aliphatic hydroxyl groups is 1. The molecule has 1 aromatic heterocycles. The van der Waals surface area contributed by atoms with E-state index < -0.39 is 5.60 Å². The van der Waals surface area contributed by atoms with Gasteiger partial charge in [-0.2, -0.15) is 4.98 Å². The zero-order valence-corrected chi connectivity index (χ0v) is 15.5. The van der Waals surface area contributed by atoms with Crippen molar-refractivity contribution in [1.29, 1.82) is 0 Å². The maximum atomic E-state index is 11.7. The SMILES string of the molecule is CCOc1cccc(N2CC[C@](O)(c3ccccc3)[C@H]3CCCC[C@H]32)n1. The molecular formula is C22H28N2O2. The van der Waals surface area contributed by atoms with Gasteiger partial charge in [0.25, 0.3) is 0 Å². The molecule has 0 amide bonds. The van der Waals surface area contributed by atoms with Gasteiger partial charge < -0.3 is 14.7 Å². The molecule has 0 spiro atoms. The summed E-state index contributed by atoms with van der Waals surface area (Å²) in [5, 5.41) is 11.7. The average Bonchev–Trinajstić information content (AvgIpc) is 2.70. The van der Waals surface area contributed by atoms with E-state index in [0.717, 1.165) is 37.2 Å². The lowest BCUT2D eigenvalue weighted by Gasteiger charge is -2.53. The molecule has 138 valence electrons. The first-order valence-corrected chi connectivity index (χ1v) is 9.87. The summed E-state index contributed by atoms with van der Waals surface area (Å²) < 4.78 is 5.60. The van der Waals surface area contributed by atoms with E-state index in [2.05, 4.69) is 23.1 Å². The minimum atomic E-state index is -0.736. The fourth-order valence-electron chi connectivity index (χ4n) is 4.85. The Bertz CT molecular complexity index is 736. The van der Waals surface area contributed by atoms with Crippen LogP contribution in [0.3, 0.4) is 0 Å². The number of nitrogens with zero attached hydrogens (tertiary/aromatic N) is 2. The number of piperidine rings is 1. The van der Waals surface area contributed by atoms with Crippen molar-refractivity contribution in [3.63, 3.8) is 0 Å². The Hall–Kier alpha value is -2.07. The van der Waals surface area contributed by atoms with E-state index >= 15 is 0 Å². The first-order valence-electron chi connectivity index (χ1n) is 9.87. The Balaban J connectivity index is 1.66. The van der Waals surface area contributed by atoms with Crippen LogP contribution in [0, 0.1) is 5.92 Å². The number of hydrogen-bond donors (Lipinski definition) is 1. The molecule has 2 fully saturated rings. The Labute approximate surface area is 155 Å². The van der Waals surface area contributed by atoms with Crippen molar-refractivity contribution in [1.82, 2.24) is 4.98 Å². The van der Waals surface area contributed by atoms with Gasteiger partial charge in [0.05, 0.1) is 12.2 Å². The number of anilines is 1. The smallest absolute Gasteiger partial charge is 0.215 e. The van der Waals surface area contributed by atoms with Crippen molar-refractivity contribution in [2.24, 2.45) is 5.92 Å². The first kappa shape index (κ1) is 17.3. The van der Waals surface area contributed by atoms with Crippen molar-refractivity contribution in [2.75, 3.05) is 18.1 Å². The summed E-state index contributed by atoms with van der Waals surface area (Å²) in [5.41, 5.74) is 0.327. The van der Waals surface area contributed by atoms with Gasteiger partial charge in [-0.25, -0.2) is 0 Å². The second kappa shape index (κ2) is 7.28. The maximum absolute atomic E-state index is 11.7. The Morgan fingerprint density at radius 3 is 2.73 bits per heavy atom. The highest BCUT2D eigenvalue weighted by Gasteiger charge is 2.49. The number of fused-ring (bicyclic) bond motifs is 1. The van der Waals surface area contributed by atoms with Crippen LogP contribution in [-0.2, 0) is 5.60 Å². The standard InChI is InChI=1S/C22H28N2O2/c1-2-26-21-14-8-13-20(23-21)24-16-15-22(25,17-9-4-3-5-10-17)18-11-6-7-12-19(18)24/h3-5,8-10,13-14,18-19,25H,2,6-7,11-12,15-16H2,1H3/t18-,19+,22-/m0/s1. The van der Waals surface area contributed by atoms with Gasteiger partial charge in [0.15, 0.2) is 0 Å². The van der Waals surface area contributed by atoms with E-state index in [4.69, 9.17) is 9.72 Å². The molecule has 3 atom stereocenters. The second-order valence-corrected chi connectivity index (χ2v) is 7.46. The van der Waals surface area contributed by atoms with Crippen LogP contribution in [0.2, 0.25) is 0 Å². The molecule has 2 aromatic rings. The summed E-state index contributed by atoms with van der Waals surface area (Å²) in [6, 6.07) is 16.6. The highest BCUT2D eigenvalue weighted by molar-refractivity contribution is 5.44. The van der Waals surface area contributed by atoms with Crippen molar-refractivity contribution in [3.8, 4) is 5.88 Å². The van der Waals surface area contributed by atoms with Crippen LogP contribution in [0.15, 0.2) is 48.5 Å². The number of benzene rings is 1. The molecule has 1 N–H and O–H groups in total. The lowest BCUT2D eigenvalue weighted by atomic mass is 9.66. The van der Waals surface area contributed by atoms with Gasteiger partial charge >= 0.3 is 0 Å².